The highest BCUT2D eigenvalue weighted by molar-refractivity contribution is 9.10. The fourth-order valence-corrected chi connectivity index (χ4v) is 4.03. The van der Waals surface area contributed by atoms with E-state index in [4.69, 9.17) is 4.74 Å². The van der Waals surface area contributed by atoms with Gasteiger partial charge in [-0.3, -0.25) is 9.69 Å². The third kappa shape index (κ3) is 3.40. The number of nitrogens with zero attached hydrogens (tertiary/aromatic N) is 1. The van der Waals surface area contributed by atoms with Crippen LogP contribution in [-0.4, -0.2) is 18.1 Å². The van der Waals surface area contributed by atoms with Crippen molar-refractivity contribution in [1.29, 1.82) is 0 Å². The Morgan fingerprint density at radius 3 is 2.28 bits per heavy atom. The third-order valence-corrected chi connectivity index (χ3v) is 5.64. The Balaban J connectivity index is 1.91. The van der Waals surface area contributed by atoms with Crippen LogP contribution in [0.3, 0.4) is 0 Å². The number of hydrogen-bond acceptors (Lipinski definition) is 3. The van der Waals surface area contributed by atoms with Crippen molar-refractivity contribution < 1.29 is 19.0 Å². The minimum absolute atomic E-state index is 0.333. The molecule has 0 aliphatic carbocycles. The SMILES string of the molecule is COc1ccc(C2=C(O)C(=O)N(c3ccc(F)cc3)C2c2ccccc2Br)cc1. The van der Waals surface area contributed by atoms with Gasteiger partial charge in [0, 0.05) is 15.7 Å². The molecule has 1 N–H and O–H groups in total. The monoisotopic (exact) mass is 453 g/mol. The molecule has 1 aliphatic rings. The van der Waals surface area contributed by atoms with E-state index in [0.717, 1.165) is 10.0 Å². The number of benzene rings is 3. The van der Waals surface area contributed by atoms with Gasteiger partial charge in [-0.2, -0.15) is 0 Å². The number of hydrogen-bond donors (Lipinski definition) is 1. The van der Waals surface area contributed by atoms with Crippen molar-refractivity contribution in [1.82, 2.24) is 0 Å². The second-order valence-corrected chi connectivity index (χ2v) is 7.42. The number of aliphatic hydroxyl groups excluding tert-OH is 1. The molecule has 0 bridgehead atoms. The first kappa shape index (κ1) is 19.2. The maximum atomic E-state index is 13.5. The van der Waals surface area contributed by atoms with Crippen molar-refractivity contribution in [2.45, 2.75) is 6.04 Å². The molecule has 6 heteroatoms. The number of carbonyl (C=O) groups is 1. The van der Waals surface area contributed by atoms with Gasteiger partial charge >= 0.3 is 0 Å². The fraction of sp³-hybridized carbons (Fsp3) is 0.0870. The molecule has 0 saturated heterocycles. The van der Waals surface area contributed by atoms with E-state index in [-0.39, 0.29) is 5.76 Å². The summed E-state index contributed by atoms with van der Waals surface area (Å²) in [6, 6.07) is 19.7. The van der Waals surface area contributed by atoms with Crippen molar-refractivity contribution in [2.24, 2.45) is 0 Å². The minimum atomic E-state index is -0.586. The van der Waals surface area contributed by atoms with Gasteiger partial charge < -0.3 is 9.84 Å². The highest BCUT2D eigenvalue weighted by Crippen LogP contribution is 2.47. The molecule has 1 heterocycles. The summed E-state index contributed by atoms with van der Waals surface area (Å²) in [5.41, 5.74) is 2.48. The number of anilines is 1. The van der Waals surface area contributed by atoms with Crippen molar-refractivity contribution >= 4 is 33.1 Å². The Bertz CT molecular complexity index is 1090. The topological polar surface area (TPSA) is 49.8 Å². The molecule has 0 fully saturated rings. The van der Waals surface area contributed by atoms with E-state index >= 15 is 0 Å². The number of methoxy groups -OCH3 is 1. The van der Waals surface area contributed by atoms with Crippen molar-refractivity contribution in [3.8, 4) is 5.75 Å². The molecule has 4 rings (SSSR count). The zero-order valence-corrected chi connectivity index (χ0v) is 17.1. The van der Waals surface area contributed by atoms with Crippen LogP contribution in [0.1, 0.15) is 17.2 Å². The summed E-state index contributed by atoms with van der Waals surface area (Å²) in [5.74, 6) is -0.597. The fourth-order valence-electron chi connectivity index (χ4n) is 3.53. The predicted octanol–water partition coefficient (Wildman–Crippen LogP) is 5.65. The quantitative estimate of drug-likeness (QED) is 0.554. The smallest absolute Gasteiger partial charge is 0.294 e. The van der Waals surface area contributed by atoms with Crippen LogP contribution in [0.2, 0.25) is 0 Å². The molecule has 0 spiro atoms. The zero-order chi connectivity index (χ0) is 20.5. The van der Waals surface area contributed by atoms with Gasteiger partial charge in [0.1, 0.15) is 11.6 Å². The lowest BCUT2D eigenvalue weighted by molar-refractivity contribution is -0.117. The van der Waals surface area contributed by atoms with Gasteiger partial charge in [0.2, 0.25) is 0 Å². The molecule has 1 atom stereocenters. The molecule has 29 heavy (non-hydrogen) atoms. The standard InChI is InChI=1S/C23H17BrFNO3/c1-29-17-12-6-14(7-13-17)20-21(18-4-2-3-5-19(18)24)26(23(28)22(20)27)16-10-8-15(25)9-11-16/h2-13,21,27H,1H3. The van der Waals surface area contributed by atoms with Crippen LogP contribution in [0.25, 0.3) is 5.57 Å². The van der Waals surface area contributed by atoms with E-state index in [1.165, 1.54) is 29.2 Å². The van der Waals surface area contributed by atoms with Crippen molar-refractivity contribution in [2.75, 3.05) is 12.0 Å². The number of halogens is 2. The Morgan fingerprint density at radius 1 is 1.00 bits per heavy atom. The van der Waals surface area contributed by atoms with E-state index in [9.17, 15) is 14.3 Å². The number of ether oxygens (including phenoxy) is 1. The second-order valence-electron chi connectivity index (χ2n) is 6.57. The van der Waals surface area contributed by atoms with Crippen LogP contribution >= 0.6 is 15.9 Å². The maximum absolute atomic E-state index is 13.5. The minimum Gasteiger partial charge on any atom is -0.503 e. The molecule has 1 amide bonds. The predicted molar refractivity (Wildman–Crippen MR) is 113 cm³/mol. The number of amides is 1. The summed E-state index contributed by atoms with van der Waals surface area (Å²) in [5, 5.41) is 10.8. The molecule has 0 saturated carbocycles. The van der Waals surface area contributed by atoms with E-state index in [2.05, 4.69) is 15.9 Å². The van der Waals surface area contributed by atoms with Gasteiger partial charge in [0.05, 0.1) is 13.2 Å². The zero-order valence-electron chi connectivity index (χ0n) is 15.5. The molecule has 4 nitrogen and oxygen atoms in total. The summed E-state index contributed by atoms with van der Waals surface area (Å²) in [6.45, 7) is 0. The summed E-state index contributed by atoms with van der Waals surface area (Å²) in [4.78, 5) is 14.6. The van der Waals surface area contributed by atoms with E-state index in [0.29, 0.717) is 22.6 Å². The largest absolute Gasteiger partial charge is 0.503 e. The Labute approximate surface area is 176 Å². The molecule has 3 aromatic carbocycles. The summed E-state index contributed by atoms with van der Waals surface area (Å²) < 4.78 is 19.5. The van der Waals surface area contributed by atoms with Gasteiger partial charge in [-0.1, -0.05) is 46.3 Å². The van der Waals surface area contributed by atoms with Gasteiger partial charge in [0.15, 0.2) is 5.76 Å². The van der Waals surface area contributed by atoms with Gasteiger partial charge in [0.25, 0.3) is 5.91 Å². The number of carbonyl (C=O) groups excluding carboxylic acids is 1. The second kappa shape index (κ2) is 7.72. The van der Waals surface area contributed by atoms with Gasteiger partial charge in [-0.05, 0) is 53.6 Å². The van der Waals surface area contributed by atoms with Gasteiger partial charge in [-0.25, -0.2) is 4.39 Å². The highest BCUT2D eigenvalue weighted by atomic mass is 79.9. The first-order chi connectivity index (χ1) is 14.0. The Morgan fingerprint density at radius 2 is 1.66 bits per heavy atom. The molecular weight excluding hydrogens is 437 g/mol. The lowest BCUT2D eigenvalue weighted by atomic mass is 9.93. The van der Waals surface area contributed by atoms with Crippen LogP contribution in [0.4, 0.5) is 10.1 Å². The average molecular weight is 454 g/mol. The molecule has 0 aromatic heterocycles. The Hall–Kier alpha value is -3.12. The van der Waals surface area contributed by atoms with E-state index in [1.807, 2.05) is 24.3 Å². The summed E-state index contributed by atoms with van der Waals surface area (Å²) in [6.07, 6.45) is 0. The number of aliphatic hydroxyl groups is 1. The van der Waals surface area contributed by atoms with E-state index < -0.39 is 17.8 Å². The van der Waals surface area contributed by atoms with Crippen LogP contribution in [-0.2, 0) is 4.79 Å². The molecular formula is C23H17BrFNO3. The highest BCUT2D eigenvalue weighted by Gasteiger charge is 2.42. The molecule has 1 unspecified atom stereocenters. The third-order valence-electron chi connectivity index (χ3n) is 4.91. The maximum Gasteiger partial charge on any atom is 0.294 e. The summed E-state index contributed by atoms with van der Waals surface area (Å²) in [7, 11) is 1.57. The van der Waals surface area contributed by atoms with Crippen LogP contribution in [0.15, 0.2) is 83.0 Å². The van der Waals surface area contributed by atoms with Crippen molar-refractivity contribution in [3.05, 3.63) is 100.0 Å². The molecule has 3 aromatic rings. The average Bonchev–Trinajstić information content (AvgIpc) is 3.00. The normalized spacial score (nSPS) is 16.4. The first-order valence-electron chi connectivity index (χ1n) is 8.92. The first-order valence-corrected chi connectivity index (χ1v) is 9.71. The molecule has 1 aliphatic heterocycles. The van der Waals surface area contributed by atoms with E-state index in [1.54, 1.807) is 31.4 Å². The van der Waals surface area contributed by atoms with Crippen LogP contribution in [0.5, 0.6) is 5.75 Å². The number of rotatable bonds is 4. The van der Waals surface area contributed by atoms with Gasteiger partial charge in [-0.15, -0.1) is 0 Å². The van der Waals surface area contributed by atoms with Crippen LogP contribution in [0, 0.1) is 5.82 Å². The lowest BCUT2D eigenvalue weighted by Gasteiger charge is -2.28. The van der Waals surface area contributed by atoms with Crippen LogP contribution < -0.4 is 9.64 Å². The molecule has 146 valence electrons. The summed E-state index contributed by atoms with van der Waals surface area (Å²) >= 11 is 3.56. The van der Waals surface area contributed by atoms with Crippen molar-refractivity contribution in [3.63, 3.8) is 0 Å². The lowest BCUT2D eigenvalue weighted by Crippen LogP contribution is -2.30. The Kier molecular flexibility index (Phi) is 5.11. The molecule has 0 radical (unpaired) electrons.